The van der Waals surface area contributed by atoms with E-state index in [0.29, 0.717) is 6.04 Å². The van der Waals surface area contributed by atoms with Crippen molar-refractivity contribution in [2.24, 2.45) is 0 Å². The predicted octanol–water partition coefficient (Wildman–Crippen LogP) is 2.52. The number of nitrogens with zero attached hydrogens (tertiary/aromatic N) is 1. The van der Waals surface area contributed by atoms with Crippen molar-refractivity contribution in [1.29, 1.82) is 0 Å². The lowest BCUT2D eigenvalue weighted by molar-refractivity contribution is 0.593. The molecule has 2 nitrogen and oxygen atoms in total. The van der Waals surface area contributed by atoms with Crippen molar-refractivity contribution < 1.29 is 0 Å². The fourth-order valence-electron chi connectivity index (χ4n) is 1.23. The highest BCUT2D eigenvalue weighted by molar-refractivity contribution is 7.11. The molecule has 0 spiro atoms. The summed E-state index contributed by atoms with van der Waals surface area (Å²) in [7, 11) is 0. The molecule has 1 heterocycles. The Kier molecular flexibility index (Phi) is 2.65. The molecule has 1 N–H and O–H groups in total. The standard InChI is InChI=1S/C10H16N2S/c1-7(2)11-5-9-6-12-10(13-9)8-3-4-8/h6-8,11H,3-5H2,1-2H3. The second-order valence-corrected chi connectivity index (χ2v) is 5.12. The molecule has 72 valence electrons. The van der Waals surface area contributed by atoms with Crippen molar-refractivity contribution in [1.82, 2.24) is 10.3 Å². The molecule has 1 fully saturated rings. The number of thiazole rings is 1. The van der Waals surface area contributed by atoms with Gasteiger partial charge in [-0.1, -0.05) is 13.8 Å². The number of hydrogen-bond donors (Lipinski definition) is 1. The van der Waals surface area contributed by atoms with Crippen LogP contribution in [0.1, 0.15) is 42.5 Å². The second kappa shape index (κ2) is 3.76. The summed E-state index contributed by atoms with van der Waals surface area (Å²) >= 11 is 1.87. The molecule has 1 aromatic rings. The van der Waals surface area contributed by atoms with Crippen molar-refractivity contribution in [2.75, 3.05) is 0 Å². The zero-order valence-electron chi connectivity index (χ0n) is 8.21. The van der Waals surface area contributed by atoms with E-state index in [1.165, 1.54) is 22.7 Å². The highest BCUT2D eigenvalue weighted by Crippen LogP contribution is 2.41. The maximum absolute atomic E-state index is 4.43. The minimum absolute atomic E-state index is 0.562. The lowest BCUT2D eigenvalue weighted by atomic mass is 10.4. The Bertz CT molecular complexity index is 276. The van der Waals surface area contributed by atoms with Gasteiger partial charge in [-0.15, -0.1) is 11.3 Å². The highest BCUT2D eigenvalue weighted by Gasteiger charge is 2.26. The predicted molar refractivity (Wildman–Crippen MR) is 56.1 cm³/mol. The van der Waals surface area contributed by atoms with E-state index in [2.05, 4.69) is 24.1 Å². The first-order valence-electron chi connectivity index (χ1n) is 4.93. The van der Waals surface area contributed by atoms with Crippen molar-refractivity contribution in [3.8, 4) is 0 Å². The Balaban J connectivity index is 1.89. The number of rotatable bonds is 4. The lowest BCUT2D eigenvalue weighted by Gasteiger charge is -2.04. The molecule has 0 saturated heterocycles. The van der Waals surface area contributed by atoms with E-state index in [1.54, 1.807) is 0 Å². The molecule has 2 rings (SSSR count). The van der Waals surface area contributed by atoms with Gasteiger partial charge in [0.2, 0.25) is 0 Å². The zero-order valence-corrected chi connectivity index (χ0v) is 9.03. The van der Waals surface area contributed by atoms with Gasteiger partial charge in [0.25, 0.3) is 0 Å². The molecule has 1 aromatic heterocycles. The summed E-state index contributed by atoms with van der Waals surface area (Å²) in [4.78, 5) is 5.81. The number of aromatic nitrogens is 1. The van der Waals surface area contributed by atoms with Gasteiger partial charge in [0, 0.05) is 29.6 Å². The summed E-state index contributed by atoms with van der Waals surface area (Å²) < 4.78 is 0. The summed E-state index contributed by atoms with van der Waals surface area (Å²) in [5.41, 5.74) is 0. The van der Waals surface area contributed by atoms with Gasteiger partial charge in [0.1, 0.15) is 0 Å². The van der Waals surface area contributed by atoms with Gasteiger partial charge >= 0.3 is 0 Å². The minimum Gasteiger partial charge on any atom is -0.310 e. The van der Waals surface area contributed by atoms with Gasteiger partial charge in [-0.05, 0) is 12.8 Å². The van der Waals surface area contributed by atoms with Crippen molar-refractivity contribution >= 4 is 11.3 Å². The van der Waals surface area contributed by atoms with Crippen LogP contribution in [-0.4, -0.2) is 11.0 Å². The van der Waals surface area contributed by atoms with Crippen LogP contribution in [0.5, 0.6) is 0 Å². The van der Waals surface area contributed by atoms with Crippen LogP contribution in [0.2, 0.25) is 0 Å². The molecule has 1 aliphatic rings. The van der Waals surface area contributed by atoms with E-state index in [9.17, 15) is 0 Å². The van der Waals surface area contributed by atoms with E-state index >= 15 is 0 Å². The Morgan fingerprint density at radius 3 is 3.00 bits per heavy atom. The molecule has 13 heavy (non-hydrogen) atoms. The first-order valence-corrected chi connectivity index (χ1v) is 5.75. The third kappa shape index (κ3) is 2.51. The summed E-state index contributed by atoms with van der Waals surface area (Å²) in [6, 6.07) is 0.562. The average molecular weight is 196 g/mol. The van der Waals surface area contributed by atoms with E-state index in [1.807, 2.05) is 17.5 Å². The molecule has 3 heteroatoms. The topological polar surface area (TPSA) is 24.9 Å². The van der Waals surface area contributed by atoms with Gasteiger partial charge in [-0.25, -0.2) is 4.98 Å². The minimum atomic E-state index is 0.562. The third-order valence-electron chi connectivity index (χ3n) is 2.18. The quantitative estimate of drug-likeness (QED) is 0.800. The molecule has 0 amide bonds. The van der Waals surface area contributed by atoms with Crippen LogP contribution in [0.4, 0.5) is 0 Å². The van der Waals surface area contributed by atoms with Crippen LogP contribution in [0.25, 0.3) is 0 Å². The van der Waals surface area contributed by atoms with Crippen LogP contribution >= 0.6 is 11.3 Å². The SMILES string of the molecule is CC(C)NCc1cnc(C2CC2)s1. The van der Waals surface area contributed by atoms with Crippen LogP contribution in [0.3, 0.4) is 0 Å². The lowest BCUT2D eigenvalue weighted by Crippen LogP contribution is -2.21. The van der Waals surface area contributed by atoms with E-state index < -0.39 is 0 Å². The first kappa shape index (κ1) is 9.16. The molecule has 0 aromatic carbocycles. The van der Waals surface area contributed by atoms with Crippen molar-refractivity contribution in [3.05, 3.63) is 16.1 Å². The average Bonchev–Trinajstić information content (AvgIpc) is 2.83. The maximum atomic E-state index is 4.43. The normalized spacial score (nSPS) is 16.8. The van der Waals surface area contributed by atoms with E-state index in [-0.39, 0.29) is 0 Å². The van der Waals surface area contributed by atoms with Crippen molar-refractivity contribution in [3.63, 3.8) is 0 Å². The van der Waals surface area contributed by atoms with Crippen molar-refractivity contribution in [2.45, 2.75) is 45.2 Å². The summed E-state index contributed by atoms with van der Waals surface area (Å²) in [6.07, 6.45) is 4.73. The number of nitrogens with one attached hydrogen (secondary N) is 1. The smallest absolute Gasteiger partial charge is 0.0959 e. The largest absolute Gasteiger partial charge is 0.310 e. The highest BCUT2D eigenvalue weighted by atomic mass is 32.1. The molecule has 1 saturated carbocycles. The summed E-state index contributed by atoms with van der Waals surface area (Å²) in [6.45, 7) is 5.31. The molecule has 1 aliphatic carbocycles. The third-order valence-corrected chi connectivity index (χ3v) is 3.34. The second-order valence-electron chi connectivity index (χ2n) is 3.97. The van der Waals surface area contributed by atoms with Gasteiger partial charge in [0.05, 0.1) is 5.01 Å². The fourth-order valence-corrected chi connectivity index (χ4v) is 2.27. The van der Waals surface area contributed by atoms with E-state index in [4.69, 9.17) is 0 Å². The Morgan fingerprint density at radius 2 is 2.38 bits per heavy atom. The van der Waals surface area contributed by atoms with Gasteiger partial charge < -0.3 is 5.32 Å². The Hall–Kier alpha value is -0.410. The molecule has 0 radical (unpaired) electrons. The van der Waals surface area contributed by atoms with Gasteiger partial charge in [0.15, 0.2) is 0 Å². The maximum Gasteiger partial charge on any atom is 0.0959 e. The molecule has 0 aliphatic heterocycles. The first-order chi connectivity index (χ1) is 6.25. The van der Waals surface area contributed by atoms with Crippen LogP contribution < -0.4 is 5.32 Å². The summed E-state index contributed by atoms with van der Waals surface area (Å²) in [5.74, 6) is 0.804. The molecule has 0 atom stereocenters. The zero-order chi connectivity index (χ0) is 9.26. The Morgan fingerprint density at radius 1 is 1.62 bits per heavy atom. The molecule has 0 bridgehead atoms. The monoisotopic (exact) mass is 196 g/mol. The molecular formula is C10H16N2S. The molecule has 0 unspecified atom stereocenters. The van der Waals surface area contributed by atoms with Crippen LogP contribution in [0, 0.1) is 0 Å². The van der Waals surface area contributed by atoms with Gasteiger partial charge in [-0.2, -0.15) is 0 Å². The Labute approximate surface area is 83.4 Å². The van der Waals surface area contributed by atoms with E-state index in [0.717, 1.165) is 12.5 Å². The fraction of sp³-hybridized carbons (Fsp3) is 0.700. The van der Waals surface area contributed by atoms with Gasteiger partial charge in [-0.3, -0.25) is 0 Å². The number of hydrogen-bond acceptors (Lipinski definition) is 3. The van der Waals surface area contributed by atoms with Crippen LogP contribution in [0.15, 0.2) is 6.20 Å². The van der Waals surface area contributed by atoms with Crippen LogP contribution in [-0.2, 0) is 6.54 Å². The molecular weight excluding hydrogens is 180 g/mol. The summed E-state index contributed by atoms with van der Waals surface area (Å²) in [5, 5.41) is 4.75.